The molecule has 0 N–H and O–H groups in total. The van der Waals surface area contributed by atoms with Crippen molar-refractivity contribution < 1.29 is 9.78 Å². The number of hydrogen-bond acceptors (Lipinski definition) is 2. The quantitative estimate of drug-likeness (QED) is 0.273. The normalized spacial score (nSPS) is 14.4. The molecular weight excluding hydrogens is 200 g/mol. The van der Waals surface area contributed by atoms with E-state index in [4.69, 9.17) is 9.78 Å². The zero-order chi connectivity index (χ0) is 11.9. The fourth-order valence-corrected chi connectivity index (χ4v) is 1.28. The number of hydrogen-bond donors (Lipinski definition) is 0. The largest absolute Gasteiger partial charge is 0.237 e. The van der Waals surface area contributed by atoms with Crippen LogP contribution >= 0.6 is 0 Å². The Balaban J connectivity index is 0.000000315. The minimum Gasteiger partial charge on any atom is -0.237 e. The minimum absolute atomic E-state index is 0.736. The Morgan fingerprint density at radius 1 is 0.812 bits per heavy atom. The summed E-state index contributed by atoms with van der Waals surface area (Å²) in [5, 5.41) is 0. The average molecular weight is 228 g/mol. The van der Waals surface area contributed by atoms with E-state index in [1.807, 2.05) is 0 Å². The molecule has 0 aromatic carbocycles. The van der Waals surface area contributed by atoms with E-state index in [0.717, 1.165) is 38.9 Å². The van der Waals surface area contributed by atoms with E-state index >= 15 is 0 Å². The number of allylic oxidation sites excluding steroid dienone is 2. The van der Waals surface area contributed by atoms with Crippen molar-refractivity contribution in [3.05, 3.63) is 12.2 Å². The van der Waals surface area contributed by atoms with Gasteiger partial charge in [0.25, 0.3) is 0 Å². The molecule has 0 radical (unpaired) electrons. The molecule has 0 atom stereocenters. The Kier molecular flexibility index (Phi) is 14.3. The van der Waals surface area contributed by atoms with Gasteiger partial charge in [-0.2, -0.15) is 0 Å². The van der Waals surface area contributed by atoms with Gasteiger partial charge in [-0.05, 0) is 38.5 Å². The summed E-state index contributed by atoms with van der Waals surface area (Å²) in [6, 6.07) is 0. The maximum absolute atomic E-state index is 4.88. The van der Waals surface area contributed by atoms with Crippen LogP contribution in [0.3, 0.4) is 0 Å². The second-order valence-electron chi connectivity index (χ2n) is 4.11. The highest BCUT2D eigenvalue weighted by atomic mass is 17.2. The number of rotatable bonds is 7. The lowest BCUT2D eigenvalue weighted by molar-refractivity contribution is -0.295. The first-order valence-electron chi connectivity index (χ1n) is 6.81. The van der Waals surface area contributed by atoms with Gasteiger partial charge in [-0.25, -0.2) is 9.78 Å². The molecule has 1 aliphatic rings. The molecule has 2 heteroatoms. The monoisotopic (exact) mass is 228 g/mol. The van der Waals surface area contributed by atoms with E-state index in [0.29, 0.717) is 0 Å². The molecule has 0 unspecified atom stereocenters. The molecule has 0 saturated carbocycles. The summed E-state index contributed by atoms with van der Waals surface area (Å²) < 4.78 is 0. The van der Waals surface area contributed by atoms with Gasteiger partial charge >= 0.3 is 0 Å². The summed E-state index contributed by atoms with van der Waals surface area (Å²) in [5.74, 6) is 0. The molecule has 1 rings (SSSR count). The van der Waals surface area contributed by atoms with Crippen molar-refractivity contribution >= 4 is 0 Å². The van der Waals surface area contributed by atoms with Crippen LogP contribution in [0.15, 0.2) is 12.2 Å². The third-order valence-electron chi connectivity index (χ3n) is 2.40. The molecule has 1 aliphatic carbocycles. The first-order chi connectivity index (χ1) is 7.91. The van der Waals surface area contributed by atoms with Gasteiger partial charge in [-0.3, -0.25) is 0 Å². The van der Waals surface area contributed by atoms with Gasteiger partial charge in [0.2, 0.25) is 0 Å². The maximum Gasteiger partial charge on any atom is 0.0822 e. The summed E-state index contributed by atoms with van der Waals surface area (Å²) in [4.78, 5) is 9.75. The third-order valence-corrected chi connectivity index (χ3v) is 2.40. The molecule has 0 aliphatic heterocycles. The van der Waals surface area contributed by atoms with Crippen molar-refractivity contribution in [1.29, 1.82) is 0 Å². The highest BCUT2D eigenvalue weighted by Gasteiger charge is 1.87. The summed E-state index contributed by atoms with van der Waals surface area (Å²) in [7, 11) is 0. The van der Waals surface area contributed by atoms with Crippen molar-refractivity contribution in [2.45, 2.75) is 65.2 Å². The van der Waals surface area contributed by atoms with Crippen molar-refractivity contribution in [3.63, 3.8) is 0 Å². The summed E-state index contributed by atoms with van der Waals surface area (Å²) in [6.07, 6.45) is 14.5. The zero-order valence-corrected chi connectivity index (χ0v) is 11.0. The molecule has 0 fully saturated rings. The lowest BCUT2D eigenvalue weighted by Gasteiger charge is -2.00. The first kappa shape index (κ1) is 15.7. The minimum atomic E-state index is 0.736. The predicted octanol–water partition coefficient (Wildman–Crippen LogP) is 4.65. The fourth-order valence-electron chi connectivity index (χ4n) is 1.28. The van der Waals surface area contributed by atoms with Crippen LogP contribution in [0.5, 0.6) is 0 Å². The van der Waals surface area contributed by atoms with Crippen LogP contribution in [-0.4, -0.2) is 13.2 Å². The van der Waals surface area contributed by atoms with Crippen molar-refractivity contribution in [2.75, 3.05) is 13.2 Å². The van der Waals surface area contributed by atoms with Crippen LogP contribution in [0.4, 0.5) is 0 Å². The SMILES string of the molecule is C1=CCCCC1.CCCCOOCCCC. The van der Waals surface area contributed by atoms with E-state index in [1.54, 1.807) is 0 Å². The van der Waals surface area contributed by atoms with E-state index in [9.17, 15) is 0 Å². The van der Waals surface area contributed by atoms with E-state index in [-0.39, 0.29) is 0 Å². The van der Waals surface area contributed by atoms with E-state index in [1.165, 1.54) is 25.7 Å². The highest BCUT2D eigenvalue weighted by Crippen LogP contribution is 2.07. The molecule has 96 valence electrons. The van der Waals surface area contributed by atoms with Crippen LogP contribution in [0.25, 0.3) is 0 Å². The molecule has 0 amide bonds. The van der Waals surface area contributed by atoms with Crippen LogP contribution < -0.4 is 0 Å². The average Bonchev–Trinajstić information content (AvgIpc) is 2.37. The van der Waals surface area contributed by atoms with E-state index in [2.05, 4.69) is 26.0 Å². The molecule has 0 spiro atoms. The van der Waals surface area contributed by atoms with Gasteiger partial charge in [-0.15, -0.1) is 0 Å². The van der Waals surface area contributed by atoms with E-state index < -0.39 is 0 Å². The second-order valence-corrected chi connectivity index (χ2v) is 4.11. The topological polar surface area (TPSA) is 18.5 Å². The summed E-state index contributed by atoms with van der Waals surface area (Å²) in [5.41, 5.74) is 0. The Morgan fingerprint density at radius 2 is 1.25 bits per heavy atom. The zero-order valence-electron chi connectivity index (χ0n) is 11.0. The van der Waals surface area contributed by atoms with Crippen molar-refractivity contribution in [2.24, 2.45) is 0 Å². The summed E-state index contributed by atoms with van der Waals surface area (Å²) >= 11 is 0. The molecule has 0 bridgehead atoms. The summed E-state index contributed by atoms with van der Waals surface area (Å²) in [6.45, 7) is 5.74. The number of unbranched alkanes of at least 4 members (excludes halogenated alkanes) is 2. The smallest absolute Gasteiger partial charge is 0.0822 e. The molecule has 0 aromatic heterocycles. The van der Waals surface area contributed by atoms with Crippen LogP contribution in [0, 0.1) is 0 Å². The van der Waals surface area contributed by atoms with Gasteiger partial charge in [0.1, 0.15) is 0 Å². The first-order valence-corrected chi connectivity index (χ1v) is 6.81. The molecule has 0 aromatic rings. The van der Waals surface area contributed by atoms with Gasteiger partial charge in [-0.1, -0.05) is 38.8 Å². The van der Waals surface area contributed by atoms with Crippen LogP contribution in [0.2, 0.25) is 0 Å². The lowest BCUT2D eigenvalue weighted by atomic mass is 10.1. The maximum atomic E-state index is 4.88. The molecule has 2 nitrogen and oxygen atoms in total. The van der Waals surface area contributed by atoms with Gasteiger partial charge < -0.3 is 0 Å². The van der Waals surface area contributed by atoms with Gasteiger partial charge in [0, 0.05) is 0 Å². The fraction of sp³-hybridized carbons (Fsp3) is 0.857. The Labute approximate surface area is 101 Å². The van der Waals surface area contributed by atoms with Crippen molar-refractivity contribution in [1.82, 2.24) is 0 Å². The standard InChI is InChI=1S/C8H18O2.C6H10/c1-3-5-7-9-10-8-6-4-2;1-2-4-6-5-3-1/h3-8H2,1-2H3;1-2H,3-6H2. The highest BCUT2D eigenvalue weighted by molar-refractivity contribution is 4.85. The second kappa shape index (κ2) is 14.7. The predicted molar refractivity (Wildman–Crippen MR) is 69.3 cm³/mol. The van der Waals surface area contributed by atoms with Crippen molar-refractivity contribution in [3.8, 4) is 0 Å². The molecule has 0 saturated heterocycles. The molecular formula is C14H28O2. The van der Waals surface area contributed by atoms with Crippen LogP contribution in [0.1, 0.15) is 65.2 Å². The Morgan fingerprint density at radius 3 is 1.50 bits per heavy atom. The van der Waals surface area contributed by atoms with Crippen LogP contribution in [-0.2, 0) is 9.78 Å². The lowest BCUT2D eigenvalue weighted by Crippen LogP contribution is -1.97. The molecule has 0 heterocycles. The van der Waals surface area contributed by atoms with Gasteiger partial charge in [0.15, 0.2) is 0 Å². The molecule has 16 heavy (non-hydrogen) atoms. The van der Waals surface area contributed by atoms with Gasteiger partial charge in [0.05, 0.1) is 13.2 Å². The Bertz CT molecular complexity index is 128. The Hall–Kier alpha value is -0.340. The third kappa shape index (κ3) is 13.7.